The van der Waals surface area contributed by atoms with E-state index >= 15 is 0 Å². The number of nitro groups is 1. The maximum atomic E-state index is 12.7. The number of hydrogen-bond acceptors (Lipinski definition) is 7. The molecule has 0 unspecified atom stereocenters. The van der Waals surface area contributed by atoms with Crippen LogP contribution in [0.2, 0.25) is 5.02 Å². The Labute approximate surface area is 206 Å². The summed E-state index contributed by atoms with van der Waals surface area (Å²) < 4.78 is 5.81. The number of rotatable bonds is 7. The van der Waals surface area contributed by atoms with E-state index in [0.717, 1.165) is 16.3 Å². The van der Waals surface area contributed by atoms with E-state index in [1.807, 2.05) is 41.5 Å². The van der Waals surface area contributed by atoms with E-state index in [9.17, 15) is 14.9 Å². The molecule has 0 spiro atoms. The number of amides is 1. The van der Waals surface area contributed by atoms with Gasteiger partial charge in [-0.2, -0.15) is 0 Å². The first-order valence-electron chi connectivity index (χ1n) is 10.7. The van der Waals surface area contributed by atoms with E-state index in [0.29, 0.717) is 49.2 Å². The van der Waals surface area contributed by atoms with E-state index in [-0.39, 0.29) is 11.6 Å². The van der Waals surface area contributed by atoms with Gasteiger partial charge in [-0.25, -0.2) is 4.98 Å². The molecule has 34 heavy (non-hydrogen) atoms. The molecule has 2 heterocycles. The van der Waals surface area contributed by atoms with Gasteiger partial charge in [-0.3, -0.25) is 14.9 Å². The van der Waals surface area contributed by atoms with Crippen molar-refractivity contribution in [2.75, 3.05) is 31.1 Å². The van der Waals surface area contributed by atoms with Gasteiger partial charge in [-0.05, 0) is 42.8 Å². The number of ether oxygens (including phenoxy) is 1. The van der Waals surface area contributed by atoms with Crippen LogP contribution in [0.15, 0.2) is 53.9 Å². The number of aromatic nitrogens is 1. The number of aryl methyl sites for hydroxylation is 1. The first-order chi connectivity index (χ1) is 16.4. The van der Waals surface area contributed by atoms with Crippen LogP contribution in [0.4, 0.5) is 11.4 Å². The first-order valence-corrected chi connectivity index (χ1v) is 11.9. The van der Waals surface area contributed by atoms with Crippen LogP contribution in [0, 0.1) is 17.0 Å². The summed E-state index contributed by atoms with van der Waals surface area (Å²) in [6.45, 7) is 4.30. The Morgan fingerprint density at radius 1 is 1.24 bits per heavy atom. The molecular weight excluding hydrogens is 476 g/mol. The average molecular weight is 499 g/mol. The summed E-state index contributed by atoms with van der Waals surface area (Å²) in [5.74, 6) is 0.605. The number of halogens is 1. The second-order valence-electron chi connectivity index (χ2n) is 7.75. The summed E-state index contributed by atoms with van der Waals surface area (Å²) in [5, 5.41) is 14.7. The Bertz CT molecular complexity index is 1220. The van der Waals surface area contributed by atoms with Crippen molar-refractivity contribution in [1.82, 2.24) is 9.88 Å². The normalized spacial score (nSPS) is 13.9. The lowest BCUT2D eigenvalue weighted by Crippen LogP contribution is -2.48. The minimum atomic E-state index is -0.433. The molecular formula is C24H23ClN4O4S. The van der Waals surface area contributed by atoms with E-state index in [1.165, 1.54) is 6.07 Å². The van der Waals surface area contributed by atoms with Crippen LogP contribution in [-0.2, 0) is 11.4 Å². The molecule has 1 aliphatic heterocycles. The second kappa shape index (κ2) is 10.7. The Kier molecular flexibility index (Phi) is 7.44. The molecule has 0 aliphatic carbocycles. The van der Waals surface area contributed by atoms with Crippen molar-refractivity contribution in [3.63, 3.8) is 0 Å². The first kappa shape index (κ1) is 23.7. The lowest BCUT2D eigenvalue weighted by molar-refractivity contribution is -0.384. The SMILES string of the molecule is Cc1nc(COc2cccc(/C=C/C(=O)N3CCN(c4ccc(Cl)cc4[N+](=O)[O-])CC3)c2)cs1. The van der Waals surface area contributed by atoms with Crippen LogP contribution in [0.25, 0.3) is 6.08 Å². The molecule has 0 bridgehead atoms. The molecule has 1 saturated heterocycles. The summed E-state index contributed by atoms with van der Waals surface area (Å²) in [6, 6.07) is 12.2. The third-order valence-corrected chi connectivity index (χ3v) is 6.45. The van der Waals surface area contributed by atoms with E-state index in [4.69, 9.17) is 16.3 Å². The fraction of sp³-hybridized carbons (Fsp3) is 0.250. The molecule has 4 rings (SSSR count). The molecule has 176 valence electrons. The number of carbonyl (C=O) groups excluding carboxylic acids is 1. The molecule has 2 aromatic carbocycles. The van der Waals surface area contributed by atoms with Gasteiger partial charge >= 0.3 is 0 Å². The van der Waals surface area contributed by atoms with Gasteiger partial charge in [0.1, 0.15) is 18.0 Å². The van der Waals surface area contributed by atoms with Gasteiger partial charge < -0.3 is 14.5 Å². The van der Waals surface area contributed by atoms with Crippen LogP contribution in [-0.4, -0.2) is 46.9 Å². The van der Waals surface area contributed by atoms with E-state index in [2.05, 4.69) is 4.98 Å². The molecule has 1 aliphatic rings. The largest absolute Gasteiger partial charge is 0.487 e. The van der Waals surface area contributed by atoms with Crippen molar-refractivity contribution < 1.29 is 14.5 Å². The number of nitrogens with zero attached hydrogens (tertiary/aromatic N) is 4. The monoisotopic (exact) mass is 498 g/mol. The standard InChI is InChI=1S/C24H23ClN4O4S/c1-17-26-20(16-34-17)15-33-21-4-2-3-18(13-21)5-8-24(30)28-11-9-27(10-12-28)22-7-6-19(25)14-23(22)29(31)32/h2-8,13-14,16H,9-12,15H2,1H3/b8-5+. The summed E-state index contributed by atoms with van der Waals surface area (Å²) >= 11 is 7.50. The van der Waals surface area contributed by atoms with Gasteiger partial charge in [0.25, 0.3) is 5.69 Å². The molecule has 1 aromatic heterocycles. The van der Waals surface area contributed by atoms with E-state index in [1.54, 1.807) is 40.5 Å². The third kappa shape index (κ3) is 5.92. The highest BCUT2D eigenvalue weighted by molar-refractivity contribution is 7.09. The summed E-state index contributed by atoms with van der Waals surface area (Å²) in [6.07, 6.45) is 3.31. The van der Waals surface area contributed by atoms with Crippen molar-refractivity contribution in [3.8, 4) is 5.75 Å². The van der Waals surface area contributed by atoms with Crippen molar-refractivity contribution in [2.24, 2.45) is 0 Å². The molecule has 0 atom stereocenters. The lowest BCUT2D eigenvalue weighted by atomic mass is 10.2. The van der Waals surface area contributed by atoms with Crippen molar-refractivity contribution in [3.05, 3.63) is 85.3 Å². The zero-order valence-electron chi connectivity index (χ0n) is 18.5. The Hall–Kier alpha value is -3.43. The second-order valence-corrected chi connectivity index (χ2v) is 9.25. The van der Waals surface area contributed by atoms with Gasteiger partial charge in [-0.1, -0.05) is 23.7 Å². The van der Waals surface area contributed by atoms with Crippen LogP contribution in [0.3, 0.4) is 0 Å². The molecule has 3 aromatic rings. The molecule has 8 nitrogen and oxygen atoms in total. The predicted molar refractivity (Wildman–Crippen MR) is 134 cm³/mol. The smallest absolute Gasteiger partial charge is 0.294 e. The molecule has 1 fully saturated rings. The fourth-order valence-corrected chi connectivity index (χ4v) is 4.45. The van der Waals surface area contributed by atoms with Gasteiger partial charge in [-0.15, -0.1) is 11.3 Å². The Morgan fingerprint density at radius 3 is 2.74 bits per heavy atom. The number of hydrogen-bond donors (Lipinski definition) is 0. The van der Waals surface area contributed by atoms with Gasteiger partial charge in [0.15, 0.2) is 0 Å². The highest BCUT2D eigenvalue weighted by atomic mass is 35.5. The zero-order chi connectivity index (χ0) is 24.1. The summed E-state index contributed by atoms with van der Waals surface area (Å²) in [7, 11) is 0. The number of thiazole rings is 1. The average Bonchev–Trinajstić information content (AvgIpc) is 3.26. The maximum absolute atomic E-state index is 12.7. The third-order valence-electron chi connectivity index (χ3n) is 5.40. The van der Waals surface area contributed by atoms with Gasteiger partial charge in [0, 0.05) is 48.7 Å². The molecule has 10 heteroatoms. The Morgan fingerprint density at radius 2 is 2.03 bits per heavy atom. The molecule has 1 amide bonds. The van der Waals surface area contributed by atoms with Gasteiger partial charge in [0.2, 0.25) is 5.91 Å². The van der Waals surface area contributed by atoms with Crippen LogP contribution in [0.1, 0.15) is 16.3 Å². The van der Waals surface area contributed by atoms with Crippen LogP contribution >= 0.6 is 22.9 Å². The summed E-state index contributed by atoms with van der Waals surface area (Å²) in [4.78, 5) is 31.7. The molecule has 0 N–H and O–H groups in total. The molecule has 0 saturated carbocycles. The van der Waals surface area contributed by atoms with Crippen LogP contribution < -0.4 is 9.64 Å². The number of piperazine rings is 1. The van der Waals surface area contributed by atoms with Crippen molar-refractivity contribution in [2.45, 2.75) is 13.5 Å². The minimum Gasteiger partial charge on any atom is -0.487 e. The van der Waals surface area contributed by atoms with Crippen molar-refractivity contribution in [1.29, 1.82) is 0 Å². The predicted octanol–water partition coefficient (Wildman–Crippen LogP) is 4.95. The zero-order valence-corrected chi connectivity index (χ0v) is 20.1. The quantitative estimate of drug-likeness (QED) is 0.260. The van der Waals surface area contributed by atoms with Crippen LogP contribution in [0.5, 0.6) is 5.75 Å². The van der Waals surface area contributed by atoms with Gasteiger partial charge in [0.05, 0.1) is 15.6 Å². The van der Waals surface area contributed by atoms with Crippen molar-refractivity contribution >= 4 is 46.3 Å². The highest BCUT2D eigenvalue weighted by Gasteiger charge is 2.25. The topological polar surface area (TPSA) is 88.8 Å². The molecule has 0 radical (unpaired) electrons. The Balaban J connectivity index is 1.33. The number of nitro benzene ring substituents is 1. The fourth-order valence-electron chi connectivity index (χ4n) is 3.69. The summed E-state index contributed by atoms with van der Waals surface area (Å²) in [5.41, 5.74) is 2.23. The highest BCUT2D eigenvalue weighted by Crippen LogP contribution is 2.31. The number of anilines is 1. The maximum Gasteiger partial charge on any atom is 0.294 e. The van der Waals surface area contributed by atoms with E-state index < -0.39 is 4.92 Å². The number of benzene rings is 2. The number of carbonyl (C=O) groups is 1. The minimum absolute atomic E-state index is 0.0285. The lowest BCUT2D eigenvalue weighted by Gasteiger charge is -2.35.